The summed E-state index contributed by atoms with van der Waals surface area (Å²) in [4.78, 5) is 0. The number of rotatable bonds is 7. The van der Waals surface area contributed by atoms with Crippen LogP contribution >= 0.6 is 11.6 Å². The molecule has 2 rings (SSSR count). The topological polar surface area (TPSA) is 21.3 Å². The van der Waals surface area contributed by atoms with Gasteiger partial charge in [-0.25, -0.2) is 0 Å². The molecule has 1 N–H and O–H groups in total. The van der Waals surface area contributed by atoms with Gasteiger partial charge in [-0.05, 0) is 62.9 Å². The van der Waals surface area contributed by atoms with Gasteiger partial charge in [0.1, 0.15) is 5.75 Å². The number of hydrogen-bond acceptors (Lipinski definition) is 2. The van der Waals surface area contributed by atoms with Crippen LogP contribution in [0.5, 0.6) is 5.75 Å². The van der Waals surface area contributed by atoms with E-state index in [4.69, 9.17) is 16.3 Å². The fourth-order valence-electron chi connectivity index (χ4n) is 1.78. The number of aryl methyl sites for hydroxylation is 1. The molecule has 1 aromatic carbocycles. The summed E-state index contributed by atoms with van der Waals surface area (Å²) in [5.74, 6) is 0.949. The Labute approximate surface area is 108 Å². The summed E-state index contributed by atoms with van der Waals surface area (Å²) < 4.78 is 5.73. The van der Waals surface area contributed by atoms with Crippen molar-refractivity contribution in [2.24, 2.45) is 0 Å². The Morgan fingerprint density at radius 1 is 1.35 bits per heavy atom. The van der Waals surface area contributed by atoms with Crippen molar-refractivity contribution in [3.05, 3.63) is 28.8 Å². The smallest absolute Gasteiger partial charge is 0.122 e. The zero-order chi connectivity index (χ0) is 12.1. The molecular weight excluding hydrogens is 234 g/mol. The number of unbranched alkanes of at least 4 members (excludes halogenated alkanes) is 1. The molecule has 1 saturated carbocycles. The van der Waals surface area contributed by atoms with Crippen LogP contribution in [0.3, 0.4) is 0 Å². The summed E-state index contributed by atoms with van der Waals surface area (Å²) in [5, 5.41) is 4.27. The minimum absolute atomic E-state index is 0.767. The molecule has 0 radical (unpaired) electrons. The molecule has 0 spiro atoms. The number of halogens is 1. The lowest BCUT2D eigenvalue weighted by atomic mass is 10.2. The normalized spacial score (nSPS) is 14.9. The monoisotopic (exact) mass is 253 g/mol. The van der Waals surface area contributed by atoms with Gasteiger partial charge in [0.05, 0.1) is 6.61 Å². The molecule has 3 heteroatoms. The highest BCUT2D eigenvalue weighted by atomic mass is 35.5. The van der Waals surface area contributed by atoms with Gasteiger partial charge < -0.3 is 10.1 Å². The van der Waals surface area contributed by atoms with Crippen LogP contribution in [-0.2, 0) is 0 Å². The zero-order valence-corrected chi connectivity index (χ0v) is 11.1. The molecule has 1 aromatic rings. The van der Waals surface area contributed by atoms with Gasteiger partial charge >= 0.3 is 0 Å². The van der Waals surface area contributed by atoms with E-state index in [0.29, 0.717) is 0 Å². The molecule has 2 nitrogen and oxygen atoms in total. The molecule has 94 valence electrons. The number of hydrogen-bond donors (Lipinski definition) is 1. The predicted octanol–water partition coefficient (Wildman–Crippen LogP) is 3.56. The highest BCUT2D eigenvalue weighted by molar-refractivity contribution is 6.30. The van der Waals surface area contributed by atoms with Gasteiger partial charge in [-0.2, -0.15) is 0 Å². The summed E-state index contributed by atoms with van der Waals surface area (Å²) >= 11 is 5.89. The minimum Gasteiger partial charge on any atom is -0.493 e. The quantitative estimate of drug-likeness (QED) is 0.751. The molecule has 0 atom stereocenters. The van der Waals surface area contributed by atoms with E-state index >= 15 is 0 Å². The van der Waals surface area contributed by atoms with Gasteiger partial charge in [0.2, 0.25) is 0 Å². The molecule has 0 heterocycles. The Morgan fingerprint density at radius 2 is 2.18 bits per heavy atom. The number of benzene rings is 1. The van der Waals surface area contributed by atoms with Gasteiger partial charge in [-0.1, -0.05) is 11.6 Å². The van der Waals surface area contributed by atoms with Crippen LogP contribution in [0, 0.1) is 6.92 Å². The first kappa shape index (κ1) is 12.7. The first-order chi connectivity index (χ1) is 8.25. The van der Waals surface area contributed by atoms with Gasteiger partial charge in [-0.15, -0.1) is 0 Å². The van der Waals surface area contributed by atoms with E-state index < -0.39 is 0 Å². The van der Waals surface area contributed by atoms with Crippen LogP contribution in [0.15, 0.2) is 18.2 Å². The van der Waals surface area contributed by atoms with Gasteiger partial charge in [-0.3, -0.25) is 0 Å². The highest BCUT2D eigenvalue weighted by Crippen LogP contribution is 2.22. The molecule has 0 saturated heterocycles. The van der Waals surface area contributed by atoms with E-state index in [1.54, 1.807) is 0 Å². The van der Waals surface area contributed by atoms with E-state index in [2.05, 4.69) is 5.32 Å². The van der Waals surface area contributed by atoms with Crippen molar-refractivity contribution in [3.63, 3.8) is 0 Å². The van der Waals surface area contributed by atoms with Crippen molar-refractivity contribution in [1.82, 2.24) is 5.32 Å². The molecule has 0 aliphatic heterocycles. The molecule has 0 amide bonds. The van der Waals surface area contributed by atoms with Crippen LogP contribution in [0.2, 0.25) is 5.02 Å². The lowest BCUT2D eigenvalue weighted by Crippen LogP contribution is -2.17. The van der Waals surface area contributed by atoms with Crippen LogP contribution in [0.1, 0.15) is 31.2 Å². The minimum atomic E-state index is 0.767. The van der Waals surface area contributed by atoms with E-state index in [1.807, 2.05) is 25.1 Å². The fourth-order valence-corrected chi connectivity index (χ4v) is 2.00. The van der Waals surface area contributed by atoms with Crippen molar-refractivity contribution in [2.75, 3.05) is 13.2 Å². The van der Waals surface area contributed by atoms with Gasteiger partial charge in [0.15, 0.2) is 0 Å². The number of ether oxygens (including phenoxy) is 1. The molecule has 17 heavy (non-hydrogen) atoms. The maximum Gasteiger partial charge on any atom is 0.122 e. The van der Waals surface area contributed by atoms with Gasteiger partial charge in [0, 0.05) is 11.1 Å². The SMILES string of the molecule is Cc1cc(Cl)ccc1OCCCCNC1CC1. The van der Waals surface area contributed by atoms with Crippen molar-refractivity contribution in [3.8, 4) is 5.75 Å². The molecule has 1 aliphatic carbocycles. The van der Waals surface area contributed by atoms with E-state index in [9.17, 15) is 0 Å². The Morgan fingerprint density at radius 3 is 2.88 bits per heavy atom. The first-order valence-electron chi connectivity index (χ1n) is 6.38. The van der Waals surface area contributed by atoms with E-state index in [0.717, 1.165) is 41.9 Å². The number of nitrogens with one attached hydrogen (secondary N) is 1. The Balaban J connectivity index is 1.60. The second-order valence-corrected chi connectivity index (χ2v) is 5.13. The van der Waals surface area contributed by atoms with Crippen LogP contribution in [0.25, 0.3) is 0 Å². The van der Waals surface area contributed by atoms with Crippen molar-refractivity contribution < 1.29 is 4.74 Å². The second kappa shape index (κ2) is 6.27. The standard InChI is InChI=1S/C14H20ClNO/c1-11-10-12(15)4-7-14(11)17-9-3-2-8-16-13-5-6-13/h4,7,10,13,16H,2-3,5-6,8-9H2,1H3. The van der Waals surface area contributed by atoms with E-state index in [-0.39, 0.29) is 0 Å². The summed E-state index contributed by atoms with van der Waals surface area (Å²) in [5.41, 5.74) is 1.11. The third-order valence-electron chi connectivity index (χ3n) is 2.98. The van der Waals surface area contributed by atoms with Crippen LogP contribution in [-0.4, -0.2) is 19.2 Å². The van der Waals surface area contributed by atoms with Crippen LogP contribution in [0.4, 0.5) is 0 Å². The second-order valence-electron chi connectivity index (χ2n) is 4.69. The lowest BCUT2D eigenvalue weighted by Gasteiger charge is -2.09. The molecule has 1 aliphatic rings. The Hall–Kier alpha value is -0.730. The third kappa shape index (κ3) is 4.57. The average molecular weight is 254 g/mol. The molecule has 0 unspecified atom stereocenters. The van der Waals surface area contributed by atoms with Crippen LogP contribution < -0.4 is 10.1 Å². The Bertz CT molecular complexity index is 363. The molecule has 0 aromatic heterocycles. The largest absolute Gasteiger partial charge is 0.493 e. The van der Waals surface area contributed by atoms with Gasteiger partial charge in [0.25, 0.3) is 0 Å². The van der Waals surface area contributed by atoms with Crippen molar-refractivity contribution in [2.45, 2.75) is 38.6 Å². The third-order valence-corrected chi connectivity index (χ3v) is 3.21. The fraction of sp³-hybridized carbons (Fsp3) is 0.571. The summed E-state index contributed by atoms with van der Waals surface area (Å²) in [7, 11) is 0. The molecule has 1 fully saturated rings. The van der Waals surface area contributed by atoms with Crippen molar-refractivity contribution >= 4 is 11.6 Å². The maximum absolute atomic E-state index is 5.89. The molecule has 0 bridgehead atoms. The lowest BCUT2D eigenvalue weighted by molar-refractivity contribution is 0.304. The average Bonchev–Trinajstić information content (AvgIpc) is 3.09. The summed E-state index contributed by atoms with van der Waals surface area (Å²) in [6.45, 7) is 3.93. The van der Waals surface area contributed by atoms with E-state index in [1.165, 1.54) is 19.3 Å². The molecular formula is C14H20ClNO. The zero-order valence-electron chi connectivity index (χ0n) is 10.3. The highest BCUT2D eigenvalue weighted by Gasteiger charge is 2.19. The predicted molar refractivity (Wildman–Crippen MR) is 71.9 cm³/mol. The van der Waals surface area contributed by atoms with Crippen molar-refractivity contribution in [1.29, 1.82) is 0 Å². The summed E-state index contributed by atoms with van der Waals surface area (Å²) in [6, 6.07) is 6.57. The Kier molecular flexibility index (Phi) is 4.69. The summed E-state index contributed by atoms with van der Waals surface area (Å²) in [6.07, 6.45) is 5.01. The first-order valence-corrected chi connectivity index (χ1v) is 6.76. The maximum atomic E-state index is 5.89.